The topological polar surface area (TPSA) is 0 Å². The Morgan fingerprint density at radius 2 is 1.35 bits per heavy atom. The van der Waals surface area contributed by atoms with Crippen LogP contribution in [0.1, 0.15) is 50.7 Å². The second-order valence-electron chi connectivity index (χ2n) is 4.78. The third-order valence-electron chi connectivity index (χ3n) is 2.68. The molecule has 0 spiro atoms. The number of rotatable bonds is 2. The molecule has 0 nitrogen and oxygen atoms in total. The summed E-state index contributed by atoms with van der Waals surface area (Å²) in [6, 6.07) is 12.7. The van der Waals surface area contributed by atoms with Crippen LogP contribution in [0, 0.1) is 0 Å². The van der Waals surface area contributed by atoms with Crippen molar-refractivity contribution in [3.8, 4) is 0 Å². The Bertz CT molecular complexity index is 385. The van der Waals surface area contributed by atoms with E-state index in [-0.39, 0.29) is 0 Å². The van der Waals surface area contributed by atoms with Gasteiger partial charge in [-0.05, 0) is 39.8 Å². The van der Waals surface area contributed by atoms with Gasteiger partial charge in [0.1, 0.15) is 0 Å². The lowest BCUT2D eigenvalue weighted by molar-refractivity contribution is 0.867. The average Bonchev–Trinajstić information content (AvgIpc) is 2.84. The highest BCUT2D eigenvalue weighted by Gasteiger charge is 1.95. The van der Waals surface area contributed by atoms with Gasteiger partial charge in [0.2, 0.25) is 0 Å². The molecule has 1 aromatic heterocycles. The van der Waals surface area contributed by atoms with Gasteiger partial charge in [-0.25, -0.2) is 0 Å². The Balaban J connectivity index is 0.000000171. The van der Waals surface area contributed by atoms with Gasteiger partial charge < -0.3 is 0 Å². The van der Waals surface area contributed by atoms with E-state index in [0.717, 1.165) is 0 Å². The molecular formula is C16H22S. The molecule has 0 N–H and O–H groups in total. The lowest BCUT2D eigenvalue weighted by Gasteiger charge is -2.01. The Kier molecular flexibility index (Phi) is 5.99. The largest absolute Gasteiger partial charge is 0.152 e. The molecule has 17 heavy (non-hydrogen) atoms. The van der Waals surface area contributed by atoms with Gasteiger partial charge in [-0.2, -0.15) is 11.3 Å². The highest BCUT2D eigenvalue weighted by atomic mass is 32.1. The van der Waals surface area contributed by atoms with Gasteiger partial charge in [0.15, 0.2) is 0 Å². The van der Waals surface area contributed by atoms with Crippen LogP contribution in [-0.2, 0) is 0 Å². The van der Waals surface area contributed by atoms with Gasteiger partial charge in [-0.1, -0.05) is 58.0 Å². The van der Waals surface area contributed by atoms with Crippen molar-refractivity contribution in [1.82, 2.24) is 0 Å². The van der Waals surface area contributed by atoms with E-state index in [0.29, 0.717) is 11.8 Å². The Hall–Kier alpha value is -1.08. The van der Waals surface area contributed by atoms with Crippen molar-refractivity contribution in [1.29, 1.82) is 0 Å². The molecule has 0 fully saturated rings. The maximum Gasteiger partial charge on any atom is -0.00586 e. The summed E-state index contributed by atoms with van der Waals surface area (Å²) in [5.41, 5.74) is 2.87. The molecule has 0 saturated heterocycles. The third-order valence-corrected chi connectivity index (χ3v) is 3.38. The highest BCUT2D eigenvalue weighted by molar-refractivity contribution is 7.07. The first kappa shape index (κ1) is 14.0. The minimum atomic E-state index is 0.659. The second-order valence-corrected chi connectivity index (χ2v) is 5.56. The van der Waals surface area contributed by atoms with Crippen molar-refractivity contribution < 1.29 is 0 Å². The number of hydrogen-bond donors (Lipinski definition) is 0. The van der Waals surface area contributed by atoms with Crippen molar-refractivity contribution in [2.24, 2.45) is 0 Å². The van der Waals surface area contributed by atoms with Crippen molar-refractivity contribution in [2.75, 3.05) is 0 Å². The first-order chi connectivity index (χ1) is 8.11. The number of hydrogen-bond acceptors (Lipinski definition) is 1. The van der Waals surface area contributed by atoms with Gasteiger partial charge >= 0.3 is 0 Å². The smallest absolute Gasteiger partial charge is 0.00586 e. The molecule has 0 bridgehead atoms. The van der Waals surface area contributed by atoms with E-state index in [9.17, 15) is 0 Å². The standard InChI is InChI=1S/C9H12.C7H10S/c1-8(2)9-6-4-3-5-7-9;1-6(2)7-3-4-8-5-7/h3-8H,1-2H3;3-6H,1-2H3. The van der Waals surface area contributed by atoms with Gasteiger partial charge in [-0.15, -0.1) is 0 Å². The van der Waals surface area contributed by atoms with E-state index in [2.05, 4.69) is 68.8 Å². The molecule has 2 aromatic rings. The molecule has 92 valence electrons. The van der Waals surface area contributed by atoms with Crippen molar-refractivity contribution >= 4 is 11.3 Å². The SMILES string of the molecule is CC(C)c1ccccc1.CC(C)c1ccsc1. The first-order valence-electron chi connectivity index (χ1n) is 6.18. The molecule has 0 unspecified atom stereocenters. The van der Waals surface area contributed by atoms with Crippen molar-refractivity contribution in [3.05, 3.63) is 58.3 Å². The lowest BCUT2D eigenvalue weighted by Crippen LogP contribution is -1.83. The molecule has 2 rings (SSSR count). The Labute approximate surface area is 109 Å². The van der Waals surface area contributed by atoms with Gasteiger partial charge in [0.25, 0.3) is 0 Å². The molecule has 0 saturated carbocycles. The van der Waals surface area contributed by atoms with Crippen LogP contribution >= 0.6 is 11.3 Å². The second kappa shape index (κ2) is 7.29. The van der Waals surface area contributed by atoms with Gasteiger partial charge in [-0.3, -0.25) is 0 Å². The van der Waals surface area contributed by atoms with Crippen LogP contribution < -0.4 is 0 Å². The highest BCUT2D eigenvalue weighted by Crippen LogP contribution is 2.16. The quantitative estimate of drug-likeness (QED) is 0.639. The lowest BCUT2D eigenvalue weighted by atomic mass is 10.0. The Morgan fingerprint density at radius 1 is 0.765 bits per heavy atom. The van der Waals surface area contributed by atoms with Gasteiger partial charge in [0, 0.05) is 0 Å². The summed E-state index contributed by atoms with van der Waals surface area (Å²) in [4.78, 5) is 0. The Morgan fingerprint density at radius 3 is 1.65 bits per heavy atom. The summed E-state index contributed by atoms with van der Waals surface area (Å²) in [6.45, 7) is 8.83. The van der Waals surface area contributed by atoms with Crippen LogP contribution in [-0.4, -0.2) is 0 Å². The number of benzene rings is 1. The predicted molar refractivity (Wildman–Crippen MR) is 78.9 cm³/mol. The van der Waals surface area contributed by atoms with Crippen LogP contribution in [0.4, 0.5) is 0 Å². The molecule has 0 aliphatic carbocycles. The molecule has 1 aromatic carbocycles. The fraction of sp³-hybridized carbons (Fsp3) is 0.375. The van der Waals surface area contributed by atoms with Crippen LogP contribution in [0.3, 0.4) is 0 Å². The maximum absolute atomic E-state index is 2.21. The maximum atomic E-state index is 2.21. The van der Waals surface area contributed by atoms with E-state index >= 15 is 0 Å². The summed E-state index contributed by atoms with van der Waals surface area (Å²) < 4.78 is 0. The summed E-state index contributed by atoms with van der Waals surface area (Å²) >= 11 is 1.77. The molecule has 0 aliphatic rings. The van der Waals surface area contributed by atoms with Crippen LogP contribution in [0.25, 0.3) is 0 Å². The van der Waals surface area contributed by atoms with E-state index in [1.54, 1.807) is 11.3 Å². The van der Waals surface area contributed by atoms with Crippen LogP contribution in [0.5, 0.6) is 0 Å². The fourth-order valence-corrected chi connectivity index (χ4v) is 2.26. The molecule has 0 amide bonds. The molecular weight excluding hydrogens is 224 g/mol. The third kappa shape index (κ3) is 5.18. The van der Waals surface area contributed by atoms with E-state index < -0.39 is 0 Å². The zero-order chi connectivity index (χ0) is 12.7. The summed E-state index contributed by atoms with van der Waals surface area (Å²) in [6.07, 6.45) is 0. The zero-order valence-electron chi connectivity index (χ0n) is 11.2. The monoisotopic (exact) mass is 246 g/mol. The minimum absolute atomic E-state index is 0.659. The summed E-state index contributed by atoms with van der Waals surface area (Å²) in [5.74, 6) is 1.35. The van der Waals surface area contributed by atoms with Crippen LogP contribution in [0.15, 0.2) is 47.2 Å². The number of thiophene rings is 1. The van der Waals surface area contributed by atoms with Crippen molar-refractivity contribution in [3.63, 3.8) is 0 Å². The summed E-state index contributed by atoms with van der Waals surface area (Å²) in [7, 11) is 0. The zero-order valence-corrected chi connectivity index (χ0v) is 12.0. The normalized spacial score (nSPS) is 10.2. The molecule has 1 heterocycles. The van der Waals surface area contributed by atoms with E-state index in [4.69, 9.17) is 0 Å². The van der Waals surface area contributed by atoms with Crippen molar-refractivity contribution in [2.45, 2.75) is 39.5 Å². The average molecular weight is 246 g/mol. The predicted octanol–water partition coefficient (Wildman–Crippen LogP) is 5.68. The minimum Gasteiger partial charge on any atom is -0.152 e. The molecule has 1 heteroatoms. The molecule has 0 aliphatic heterocycles. The van der Waals surface area contributed by atoms with E-state index in [1.807, 2.05) is 6.07 Å². The fourth-order valence-electron chi connectivity index (χ4n) is 1.44. The van der Waals surface area contributed by atoms with Gasteiger partial charge in [0.05, 0.1) is 0 Å². The summed E-state index contributed by atoms with van der Waals surface area (Å²) in [5, 5.41) is 4.32. The van der Waals surface area contributed by atoms with E-state index in [1.165, 1.54) is 11.1 Å². The molecule has 0 radical (unpaired) electrons. The van der Waals surface area contributed by atoms with Crippen LogP contribution in [0.2, 0.25) is 0 Å². The molecule has 0 atom stereocenters. The first-order valence-corrected chi connectivity index (χ1v) is 7.12.